The van der Waals surface area contributed by atoms with E-state index < -0.39 is 10.0 Å². The zero-order chi connectivity index (χ0) is 13.7. The minimum Gasteiger partial charge on any atom is -0.472 e. The van der Waals surface area contributed by atoms with Crippen molar-refractivity contribution < 1.29 is 17.9 Å². The molecule has 2 rings (SSSR count). The molecule has 6 nitrogen and oxygen atoms in total. The average molecular weight is 286 g/mol. The second kappa shape index (κ2) is 6.31. The Balaban J connectivity index is 2.04. The molecule has 0 spiro atoms. The molecule has 2 heterocycles. The number of nitrogens with one attached hydrogen (secondary N) is 1. The number of rotatable bonds is 5. The van der Waals surface area contributed by atoms with Crippen molar-refractivity contribution in [2.24, 2.45) is 0 Å². The molecule has 1 saturated heterocycles. The first kappa shape index (κ1) is 14.2. The van der Waals surface area contributed by atoms with Gasteiger partial charge in [-0.25, -0.2) is 18.1 Å². The number of hydrogen-bond donors (Lipinski definition) is 1. The summed E-state index contributed by atoms with van der Waals surface area (Å²) in [6.45, 7) is 2.47. The zero-order valence-electron chi connectivity index (χ0n) is 10.8. The van der Waals surface area contributed by atoms with E-state index in [-0.39, 0.29) is 17.9 Å². The quantitative estimate of drug-likeness (QED) is 0.855. The molecular weight excluding hydrogens is 268 g/mol. The van der Waals surface area contributed by atoms with Crippen LogP contribution in [0, 0.1) is 0 Å². The van der Waals surface area contributed by atoms with Crippen molar-refractivity contribution in [3.8, 4) is 5.88 Å². The molecule has 1 aromatic heterocycles. The minimum atomic E-state index is -3.27. The van der Waals surface area contributed by atoms with E-state index in [0.29, 0.717) is 25.5 Å². The lowest BCUT2D eigenvalue weighted by molar-refractivity contribution is 0.00151. The van der Waals surface area contributed by atoms with Gasteiger partial charge < -0.3 is 9.47 Å². The molecule has 0 bridgehead atoms. The number of nitrogens with zero attached hydrogens (tertiary/aromatic N) is 1. The first-order valence-electron chi connectivity index (χ1n) is 6.26. The van der Waals surface area contributed by atoms with Gasteiger partial charge in [0.2, 0.25) is 15.9 Å². The van der Waals surface area contributed by atoms with E-state index in [1.807, 2.05) is 6.07 Å². The van der Waals surface area contributed by atoms with E-state index in [1.54, 1.807) is 25.3 Å². The van der Waals surface area contributed by atoms with E-state index in [2.05, 4.69) is 9.71 Å². The third-order valence-corrected chi connectivity index (χ3v) is 4.34. The van der Waals surface area contributed by atoms with Crippen molar-refractivity contribution in [1.82, 2.24) is 9.71 Å². The van der Waals surface area contributed by atoms with Crippen LogP contribution < -0.4 is 9.46 Å². The summed E-state index contributed by atoms with van der Waals surface area (Å²) in [5.41, 5.74) is 0. The van der Waals surface area contributed by atoms with Crippen molar-refractivity contribution in [1.29, 1.82) is 0 Å². The van der Waals surface area contributed by atoms with Gasteiger partial charge in [0.25, 0.3) is 0 Å². The van der Waals surface area contributed by atoms with Crippen molar-refractivity contribution in [2.45, 2.75) is 25.5 Å². The van der Waals surface area contributed by atoms with Gasteiger partial charge in [-0.05, 0) is 13.0 Å². The Morgan fingerprint density at radius 1 is 1.53 bits per heavy atom. The molecule has 0 amide bonds. The smallest absolute Gasteiger partial charge is 0.213 e. The second-order valence-electron chi connectivity index (χ2n) is 4.32. The standard InChI is InChI=1S/C12H18N2O4S/c1-2-19(15,16)14-10-9-17-8-6-11(10)18-12-5-3-4-7-13-12/h3-5,7,10-11,14H,2,6,8-9H2,1H3/t10-,11-/m1/s1. The summed E-state index contributed by atoms with van der Waals surface area (Å²) >= 11 is 0. The lowest BCUT2D eigenvalue weighted by Gasteiger charge is -2.31. The van der Waals surface area contributed by atoms with E-state index in [0.717, 1.165) is 0 Å². The highest BCUT2D eigenvalue weighted by atomic mass is 32.2. The molecule has 0 aromatic carbocycles. The molecule has 1 fully saturated rings. The summed E-state index contributed by atoms with van der Waals surface area (Å²) in [5.74, 6) is 0.537. The molecule has 1 aromatic rings. The summed E-state index contributed by atoms with van der Waals surface area (Å²) in [7, 11) is -3.27. The van der Waals surface area contributed by atoms with Gasteiger partial charge in [0.15, 0.2) is 0 Å². The molecule has 19 heavy (non-hydrogen) atoms. The van der Waals surface area contributed by atoms with E-state index >= 15 is 0 Å². The van der Waals surface area contributed by atoms with Gasteiger partial charge in [-0.3, -0.25) is 0 Å². The molecule has 1 aliphatic rings. The van der Waals surface area contributed by atoms with Crippen LogP contribution in [0.1, 0.15) is 13.3 Å². The van der Waals surface area contributed by atoms with Gasteiger partial charge in [0, 0.05) is 18.7 Å². The maximum Gasteiger partial charge on any atom is 0.213 e. The fourth-order valence-electron chi connectivity index (χ4n) is 1.86. The van der Waals surface area contributed by atoms with Gasteiger partial charge in [-0.1, -0.05) is 6.07 Å². The third-order valence-electron chi connectivity index (χ3n) is 2.91. The Morgan fingerprint density at radius 2 is 2.37 bits per heavy atom. The number of ether oxygens (including phenoxy) is 2. The van der Waals surface area contributed by atoms with Crippen LogP contribution in [0.2, 0.25) is 0 Å². The first-order chi connectivity index (χ1) is 9.11. The Morgan fingerprint density at radius 3 is 3.05 bits per heavy atom. The molecule has 0 aliphatic carbocycles. The molecule has 2 atom stereocenters. The van der Waals surface area contributed by atoms with Crippen LogP contribution in [0.4, 0.5) is 0 Å². The fraction of sp³-hybridized carbons (Fsp3) is 0.583. The largest absolute Gasteiger partial charge is 0.472 e. The van der Waals surface area contributed by atoms with Gasteiger partial charge in [0.1, 0.15) is 6.10 Å². The second-order valence-corrected chi connectivity index (χ2v) is 6.36. The first-order valence-corrected chi connectivity index (χ1v) is 7.91. The summed E-state index contributed by atoms with van der Waals surface area (Å²) in [5, 5.41) is 0. The Hall–Kier alpha value is -1.18. The van der Waals surface area contributed by atoms with Crippen LogP contribution in [-0.2, 0) is 14.8 Å². The highest BCUT2D eigenvalue weighted by molar-refractivity contribution is 7.89. The molecule has 0 saturated carbocycles. The summed E-state index contributed by atoms with van der Waals surface area (Å²) in [4.78, 5) is 4.08. The predicted octanol–water partition coefficient (Wildman–Crippen LogP) is 0.557. The molecule has 1 N–H and O–H groups in total. The number of hydrogen-bond acceptors (Lipinski definition) is 5. The minimum absolute atomic E-state index is 0.0415. The van der Waals surface area contributed by atoms with Gasteiger partial charge >= 0.3 is 0 Å². The normalized spacial score (nSPS) is 24.1. The van der Waals surface area contributed by atoms with Gasteiger partial charge in [-0.2, -0.15) is 0 Å². The highest BCUT2D eigenvalue weighted by Crippen LogP contribution is 2.16. The van der Waals surface area contributed by atoms with Crippen molar-refractivity contribution in [2.75, 3.05) is 19.0 Å². The number of pyridine rings is 1. The van der Waals surface area contributed by atoms with Crippen LogP contribution in [0.3, 0.4) is 0 Å². The van der Waals surface area contributed by atoms with Gasteiger partial charge in [0.05, 0.1) is 25.0 Å². The molecular formula is C12H18N2O4S. The average Bonchev–Trinajstić information content (AvgIpc) is 2.42. The van der Waals surface area contributed by atoms with E-state index in [4.69, 9.17) is 9.47 Å². The Kier molecular flexibility index (Phi) is 4.73. The maximum absolute atomic E-state index is 11.6. The summed E-state index contributed by atoms with van der Waals surface area (Å²) < 4.78 is 36.9. The number of aromatic nitrogens is 1. The fourth-order valence-corrected chi connectivity index (χ4v) is 2.70. The SMILES string of the molecule is CCS(=O)(=O)N[C@@H]1COCC[C@H]1Oc1ccccn1. The monoisotopic (exact) mass is 286 g/mol. The summed E-state index contributed by atoms with van der Waals surface area (Å²) in [6, 6.07) is 5.00. The van der Waals surface area contributed by atoms with Crippen LogP contribution >= 0.6 is 0 Å². The third kappa shape index (κ3) is 4.15. The maximum atomic E-state index is 11.6. The van der Waals surface area contributed by atoms with Crippen molar-refractivity contribution in [3.05, 3.63) is 24.4 Å². The molecule has 0 unspecified atom stereocenters. The van der Waals surface area contributed by atoms with Crippen LogP contribution in [-0.4, -0.2) is 44.5 Å². The Bertz CT molecular complexity index is 492. The topological polar surface area (TPSA) is 77.5 Å². The van der Waals surface area contributed by atoms with E-state index in [9.17, 15) is 8.42 Å². The lowest BCUT2D eigenvalue weighted by Crippen LogP contribution is -2.52. The Labute approximate surface area is 113 Å². The number of sulfonamides is 1. The predicted molar refractivity (Wildman–Crippen MR) is 70.5 cm³/mol. The lowest BCUT2D eigenvalue weighted by atomic mass is 10.1. The molecule has 106 valence electrons. The van der Waals surface area contributed by atoms with Crippen molar-refractivity contribution in [3.63, 3.8) is 0 Å². The summed E-state index contributed by atoms with van der Waals surface area (Å²) in [6.07, 6.45) is 2.01. The van der Waals surface area contributed by atoms with Crippen molar-refractivity contribution >= 4 is 10.0 Å². The zero-order valence-corrected chi connectivity index (χ0v) is 11.6. The van der Waals surface area contributed by atoms with Crippen LogP contribution in [0.25, 0.3) is 0 Å². The molecule has 0 radical (unpaired) electrons. The molecule has 1 aliphatic heterocycles. The van der Waals surface area contributed by atoms with Crippen LogP contribution in [0.15, 0.2) is 24.4 Å². The van der Waals surface area contributed by atoms with Gasteiger partial charge in [-0.15, -0.1) is 0 Å². The molecule has 7 heteroatoms. The highest BCUT2D eigenvalue weighted by Gasteiger charge is 2.30. The van der Waals surface area contributed by atoms with E-state index in [1.165, 1.54) is 0 Å². The van der Waals surface area contributed by atoms with Crippen LogP contribution in [0.5, 0.6) is 5.88 Å².